The van der Waals surface area contributed by atoms with E-state index in [1.807, 2.05) is 6.20 Å². The zero-order valence-corrected chi connectivity index (χ0v) is 46.6. The fraction of sp³-hybridized carbons (Fsp3) is 0.268. The molecule has 11 aromatic rings. The smallest absolute Gasteiger partial charge is 0.145 e. The van der Waals surface area contributed by atoms with Gasteiger partial charge in [-0.15, -0.1) is 0 Å². The number of hydrogen-bond donors (Lipinski definition) is 0. The fourth-order valence-electron chi connectivity index (χ4n) is 12.4. The second kappa shape index (κ2) is 17.4. The van der Waals surface area contributed by atoms with Gasteiger partial charge in [-0.2, -0.15) is 0 Å². The van der Waals surface area contributed by atoms with Crippen molar-refractivity contribution in [3.05, 3.63) is 204 Å². The van der Waals surface area contributed by atoms with Gasteiger partial charge in [0.2, 0.25) is 0 Å². The van der Waals surface area contributed by atoms with E-state index in [0.717, 1.165) is 85.0 Å². The van der Waals surface area contributed by atoms with Crippen LogP contribution in [-0.2, 0) is 27.1 Å². The third-order valence-corrected chi connectivity index (χ3v) is 16.2. The van der Waals surface area contributed by atoms with E-state index in [0.29, 0.717) is 0 Å². The molecule has 12 rings (SSSR count). The molecule has 0 atom stereocenters. The van der Waals surface area contributed by atoms with Gasteiger partial charge in [-0.3, -0.25) is 9.13 Å². The van der Waals surface area contributed by atoms with Crippen molar-refractivity contribution in [1.29, 1.82) is 0 Å². The predicted molar refractivity (Wildman–Crippen MR) is 320 cm³/mol. The molecule has 0 saturated carbocycles. The third-order valence-electron chi connectivity index (χ3n) is 16.2. The van der Waals surface area contributed by atoms with E-state index >= 15 is 0 Å². The first kappa shape index (κ1) is 49.1. The monoisotopic (exact) mass is 995 g/mol. The summed E-state index contributed by atoms with van der Waals surface area (Å²) < 4.78 is 11.8. The van der Waals surface area contributed by atoms with E-state index in [-0.39, 0.29) is 27.1 Å². The van der Waals surface area contributed by atoms with Crippen LogP contribution in [0.5, 0.6) is 11.5 Å². The Balaban J connectivity index is 1.02. The van der Waals surface area contributed by atoms with Crippen LogP contribution in [0.25, 0.3) is 88.8 Å². The average Bonchev–Trinajstić information content (AvgIpc) is 3.92. The molecule has 1 aliphatic rings. The molecule has 0 amide bonds. The normalized spacial score (nSPS) is 14.5. The van der Waals surface area contributed by atoms with Crippen LogP contribution < -0.4 is 4.74 Å². The summed E-state index contributed by atoms with van der Waals surface area (Å²) in [5.74, 6) is 3.23. The van der Waals surface area contributed by atoms with Crippen molar-refractivity contribution >= 4 is 43.6 Å². The quantitative estimate of drug-likeness (QED) is 0.160. The molecule has 0 bridgehead atoms. The fourth-order valence-corrected chi connectivity index (χ4v) is 12.4. The standard InChI is InChI=1S/C71H70N4O/c1-67(2,3)49-27-31-60(55(40-49)44-20-15-14-16-21-44)75-62-25-18-17-24-59(62)73-66(75)48-35-51(69(7,8)9)39-53(36-48)76-52-28-29-54-56-37-45(26-30-61(56)74(63(54)42-52)64-41-50(32-33-72-64)68(4,5)6)47-34-46-22-19-23-57-65(46)58(38-47)71(12,13)43-70(57,10)11/h14-42H,43H2,1-13H3. The first-order valence-electron chi connectivity index (χ1n) is 27.2. The highest BCUT2D eigenvalue weighted by atomic mass is 16.5. The van der Waals surface area contributed by atoms with Crippen LogP contribution in [0.1, 0.15) is 124 Å². The number of benzene rings is 8. The second-order valence-corrected chi connectivity index (χ2v) is 26.0. The summed E-state index contributed by atoms with van der Waals surface area (Å²) in [7, 11) is 0. The maximum Gasteiger partial charge on any atom is 0.145 e. The lowest BCUT2D eigenvalue weighted by molar-refractivity contribution is 0.341. The maximum atomic E-state index is 7.15. The largest absolute Gasteiger partial charge is 0.457 e. The van der Waals surface area contributed by atoms with Crippen molar-refractivity contribution < 1.29 is 4.74 Å². The first-order valence-corrected chi connectivity index (χ1v) is 27.2. The number of para-hydroxylation sites is 2. The van der Waals surface area contributed by atoms with Gasteiger partial charge in [-0.25, -0.2) is 9.97 Å². The van der Waals surface area contributed by atoms with Gasteiger partial charge in [0.1, 0.15) is 23.1 Å². The van der Waals surface area contributed by atoms with Crippen LogP contribution in [-0.4, -0.2) is 19.1 Å². The number of rotatable bonds is 7. The molecule has 5 nitrogen and oxygen atoms in total. The summed E-state index contributed by atoms with van der Waals surface area (Å²) in [6.07, 6.45) is 3.05. The van der Waals surface area contributed by atoms with Gasteiger partial charge in [0.15, 0.2) is 0 Å². The number of pyridine rings is 1. The van der Waals surface area contributed by atoms with E-state index in [1.54, 1.807) is 0 Å². The summed E-state index contributed by atoms with van der Waals surface area (Å²) in [4.78, 5) is 10.5. The molecule has 3 heterocycles. The Hall–Kier alpha value is -7.76. The van der Waals surface area contributed by atoms with Crippen molar-refractivity contribution in [3.63, 3.8) is 0 Å². The van der Waals surface area contributed by atoms with E-state index in [1.165, 1.54) is 49.5 Å². The zero-order valence-electron chi connectivity index (χ0n) is 46.6. The zero-order chi connectivity index (χ0) is 53.3. The van der Waals surface area contributed by atoms with Gasteiger partial charge in [-0.1, -0.05) is 163 Å². The molecule has 0 spiro atoms. The Bertz CT molecular complexity index is 4110. The molecule has 76 heavy (non-hydrogen) atoms. The highest BCUT2D eigenvalue weighted by molar-refractivity contribution is 6.11. The van der Waals surface area contributed by atoms with Gasteiger partial charge in [0, 0.05) is 34.2 Å². The minimum atomic E-state index is -0.191. The second-order valence-electron chi connectivity index (χ2n) is 26.0. The summed E-state index contributed by atoms with van der Waals surface area (Å²) in [5.41, 5.74) is 17.3. The minimum absolute atomic E-state index is 0.0265. The number of nitrogens with zero attached hydrogens (tertiary/aromatic N) is 4. The van der Waals surface area contributed by atoms with Crippen LogP contribution in [0.3, 0.4) is 0 Å². The molecule has 0 fully saturated rings. The molecule has 0 aliphatic heterocycles. The molecule has 380 valence electrons. The third kappa shape index (κ3) is 8.49. The van der Waals surface area contributed by atoms with Gasteiger partial charge >= 0.3 is 0 Å². The molecular formula is C71H70N4O. The molecule has 0 unspecified atom stereocenters. The van der Waals surface area contributed by atoms with Crippen molar-refractivity contribution in [2.45, 2.75) is 124 Å². The first-order chi connectivity index (χ1) is 36.0. The number of hydrogen-bond acceptors (Lipinski definition) is 3. The Morgan fingerprint density at radius 3 is 1.95 bits per heavy atom. The van der Waals surface area contributed by atoms with Crippen molar-refractivity contribution in [1.82, 2.24) is 19.1 Å². The van der Waals surface area contributed by atoms with E-state index in [9.17, 15) is 0 Å². The SMILES string of the molecule is CC(C)(C)c1cc(Oc2ccc3c4cc(-c5cc6c7c(cccc7c5)C(C)(C)CC6(C)C)ccc4n(-c4cc(C(C)(C)C)ccn4)c3c2)cc(-c2nc3ccccc3n2-c2ccc(C(C)(C)C)cc2-c2ccccc2)c1. The number of imidazole rings is 1. The van der Waals surface area contributed by atoms with E-state index in [4.69, 9.17) is 14.7 Å². The average molecular weight is 995 g/mol. The lowest BCUT2D eigenvalue weighted by Crippen LogP contribution is -2.34. The van der Waals surface area contributed by atoms with Crippen molar-refractivity contribution in [3.8, 4) is 56.6 Å². The van der Waals surface area contributed by atoms with Gasteiger partial charge < -0.3 is 4.74 Å². The summed E-state index contributed by atoms with van der Waals surface area (Å²) >= 11 is 0. The maximum absolute atomic E-state index is 7.15. The van der Waals surface area contributed by atoms with Crippen LogP contribution in [0, 0.1) is 0 Å². The number of ether oxygens (including phenoxy) is 1. The molecule has 8 aromatic carbocycles. The number of aromatic nitrogens is 4. The topological polar surface area (TPSA) is 44.9 Å². The van der Waals surface area contributed by atoms with Crippen LogP contribution >= 0.6 is 0 Å². The van der Waals surface area contributed by atoms with Crippen molar-refractivity contribution in [2.75, 3.05) is 0 Å². The van der Waals surface area contributed by atoms with Gasteiger partial charge in [0.25, 0.3) is 0 Å². The molecule has 5 heteroatoms. The lowest BCUT2D eigenvalue weighted by Gasteiger charge is -2.42. The summed E-state index contributed by atoms with van der Waals surface area (Å²) in [6.45, 7) is 30.1. The predicted octanol–water partition coefficient (Wildman–Crippen LogP) is 19.3. The van der Waals surface area contributed by atoms with Crippen LogP contribution in [0.15, 0.2) is 176 Å². The van der Waals surface area contributed by atoms with Crippen molar-refractivity contribution in [2.24, 2.45) is 0 Å². The Morgan fingerprint density at radius 1 is 0.461 bits per heavy atom. The molecule has 1 aliphatic carbocycles. The molecule has 0 radical (unpaired) electrons. The Morgan fingerprint density at radius 2 is 1.18 bits per heavy atom. The molecule has 0 saturated heterocycles. The lowest BCUT2D eigenvalue weighted by atomic mass is 9.61. The molecule has 3 aromatic heterocycles. The van der Waals surface area contributed by atoms with Gasteiger partial charge in [0.05, 0.1) is 27.8 Å². The van der Waals surface area contributed by atoms with Gasteiger partial charge in [-0.05, 0) is 180 Å². The minimum Gasteiger partial charge on any atom is -0.457 e. The van der Waals surface area contributed by atoms with Crippen LogP contribution in [0.4, 0.5) is 0 Å². The molecular weight excluding hydrogens is 925 g/mol. The summed E-state index contributed by atoms with van der Waals surface area (Å²) in [6, 6.07) is 62.5. The summed E-state index contributed by atoms with van der Waals surface area (Å²) in [5, 5.41) is 5.04. The van der Waals surface area contributed by atoms with E-state index in [2.05, 4.69) is 269 Å². The van der Waals surface area contributed by atoms with Crippen LogP contribution in [0.2, 0.25) is 0 Å². The molecule has 0 N–H and O–H groups in total. The Kier molecular flexibility index (Phi) is 11.2. The van der Waals surface area contributed by atoms with E-state index < -0.39 is 0 Å². The highest BCUT2D eigenvalue weighted by Crippen LogP contribution is 2.51. The highest BCUT2D eigenvalue weighted by Gasteiger charge is 2.39. The Labute approximate surface area is 449 Å². The number of fused-ring (bicyclic) bond motifs is 4.